The zero-order valence-electron chi connectivity index (χ0n) is 12.8. The molecule has 0 fully saturated rings. The van der Waals surface area contributed by atoms with Gasteiger partial charge in [0.1, 0.15) is 0 Å². The average molecular weight is 394 g/mol. The van der Waals surface area contributed by atoms with Crippen LogP contribution >= 0.6 is 23.4 Å². The largest absolute Gasteiger partial charge is 0.322 e. The Labute approximate surface area is 153 Å². The van der Waals surface area contributed by atoms with Crippen molar-refractivity contribution in [3.8, 4) is 0 Å². The summed E-state index contributed by atoms with van der Waals surface area (Å²) in [4.78, 5) is 15.1. The molecule has 25 heavy (non-hydrogen) atoms. The van der Waals surface area contributed by atoms with E-state index in [2.05, 4.69) is 9.71 Å². The highest BCUT2D eigenvalue weighted by Gasteiger charge is 2.33. The lowest BCUT2D eigenvalue weighted by molar-refractivity contribution is 0.102. The lowest BCUT2D eigenvalue weighted by Gasteiger charge is -2.22. The van der Waals surface area contributed by atoms with Gasteiger partial charge in [0.15, 0.2) is 5.17 Å². The highest BCUT2D eigenvalue weighted by molar-refractivity contribution is 8.15. The molecular formula is C16H12ClN3O3S2. The molecule has 0 radical (unpaired) electrons. The van der Waals surface area contributed by atoms with Crippen LogP contribution in [0.2, 0.25) is 5.02 Å². The summed E-state index contributed by atoms with van der Waals surface area (Å²) in [5.41, 5.74) is 2.02. The van der Waals surface area contributed by atoms with E-state index >= 15 is 0 Å². The van der Waals surface area contributed by atoms with Crippen molar-refractivity contribution in [3.05, 3.63) is 53.1 Å². The van der Waals surface area contributed by atoms with E-state index in [1.165, 1.54) is 11.8 Å². The van der Waals surface area contributed by atoms with Gasteiger partial charge in [-0.2, -0.15) is 0 Å². The maximum atomic E-state index is 12.4. The minimum atomic E-state index is -3.39. The number of nitrogens with one attached hydrogen (secondary N) is 1. The first kappa shape index (κ1) is 16.4. The number of halogens is 1. The standard InChI is InChI=1S/C16H12ClN3O3S2/c17-11-2-4-12(5-3-11)18-15(21)10-1-6-13-14(9-10)24-16-19-25(22,23)8-7-20(13)16/h1-6,9H,7-8H2,(H,18,21). The Kier molecular flexibility index (Phi) is 3.98. The van der Waals surface area contributed by atoms with E-state index in [1.54, 1.807) is 36.4 Å². The number of fused-ring (bicyclic) bond motifs is 3. The maximum Gasteiger partial charge on any atom is 0.257 e. The topological polar surface area (TPSA) is 78.8 Å². The van der Waals surface area contributed by atoms with Gasteiger partial charge >= 0.3 is 0 Å². The summed E-state index contributed by atoms with van der Waals surface area (Å²) >= 11 is 7.10. The smallest absolute Gasteiger partial charge is 0.257 e. The fourth-order valence-corrected chi connectivity index (χ4v) is 5.03. The number of anilines is 2. The first-order valence-electron chi connectivity index (χ1n) is 7.40. The van der Waals surface area contributed by atoms with Crippen LogP contribution < -0.4 is 10.2 Å². The van der Waals surface area contributed by atoms with Gasteiger partial charge in [0.25, 0.3) is 15.9 Å². The molecule has 0 saturated carbocycles. The minimum absolute atomic E-state index is 0.00466. The molecule has 4 rings (SSSR count). The Morgan fingerprint density at radius 2 is 1.96 bits per heavy atom. The third kappa shape index (κ3) is 3.24. The van der Waals surface area contributed by atoms with Crippen LogP contribution in [0.5, 0.6) is 0 Å². The first-order chi connectivity index (χ1) is 11.9. The molecule has 0 saturated heterocycles. The van der Waals surface area contributed by atoms with Crippen molar-refractivity contribution >= 4 is 55.8 Å². The number of hydrogen-bond donors (Lipinski definition) is 1. The number of carbonyl (C=O) groups excluding carboxylic acids is 1. The van der Waals surface area contributed by atoms with Gasteiger partial charge in [-0.25, -0.2) is 8.42 Å². The summed E-state index contributed by atoms with van der Waals surface area (Å²) in [5.74, 6) is -0.250. The van der Waals surface area contributed by atoms with Crippen molar-refractivity contribution in [2.24, 2.45) is 4.40 Å². The molecule has 1 N–H and O–H groups in total. The third-order valence-electron chi connectivity index (χ3n) is 3.84. The van der Waals surface area contributed by atoms with E-state index in [1.807, 2.05) is 11.0 Å². The average Bonchev–Trinajstić information content (AvgIpc) is 2.91. The quantitative estimate of drug-likeness (QED) is 0.847. The van der Waals surface area contributed by atoms with E-state index in [-0.39, 0.29) is 11.7 Å². The molecule has 6 nitrogen and oxygen atoms in total. The molecule has 0 spiro atoms. The number of rotatable bonds is 2. The highest BCUT2D eigenvalue weighted by atomic mass is 35.5. The van der Waals surface area contributed by atoms with E-state index < -0.39 is 10.0 Å². The van der Waals surface area contributed by atoms with Crippen molar-refractivity contribution in [1.29, 1.82) is 0 Å². The summed E-state index contributed by atoms with van der Waals surface area (Å²) in [6.45, 7) is 0.373. The molecular weight excluding hydrogens is 382 g/mol. The fourth-order valence-electron chi connectivity index (χ4n) is 2.61. The Morgan fingerprint density at radius 3 is 2.72 bits per heavy atom. The van der Waals surface area contributed by atoms with Crippen molar-refractivity contribution in [2.45, 2.75) is 4.90 Å². The number of hydrogen-bond acceptors (Lipinski definition) is 5. The van der Waals surface area contributed by atoms with Crippen LogP contribution in [0.1, 0.15) is 10.4 Å². The van der Waals surface area contributed by atoms with Crippen molar-refractivity contribution in [1.82, 2.24) is 0 Å². The third-order valence-corrected chi connectivity index (χ3v) is 6.40. The van der Waals surface area contributed by atoms with Gasteiger partial charge < -0.3 is 10.2 Å². The SMILES string of the molecule is O=C(Nc1ccc(Cl)cc1)c1ccc2c(c1)SC1=NS(=O)(=O)CCN12. The minimum Gasteiger partial charge on any atom is -0.322 e. The van der Waals surface area contributed by atoms with E-state index in [0.29, 0.717) is 28.0 Å². The first-order valence-corrected chi connectivity index (χ1v) is 10.2. The molecule has 1 amide bonds. The maximum absolute atomic E-state index is 12.4. The van der Waals surface area contributed by atoms with Gasteiger partial charge in [-0.1, -0.05) is 11.6 Å². The molecule has 2 aromatic carbocycles. The number of thioether (sulfide) groups is 1. The number of benzene rings is 2. The molecule has 0 aliphatic carbocycles. The number of carbonyl (C=O) groups is 1. The zero-order valence-corrected chi connectivity index (χ0v) is 15.2. The second-order valence-electron chi connectivity index (χ2n) is 5.56. The Morgan fingerprint density at radius 1 is 1.20 bits per heavy atom. The second kappa shape index (κ2) is 6.05. The Balaban J connectivity index is 1.59. The lowest BCUT2D eigenvalue weighted by Crippen LogP contribution is -2.35. The molecule has 2 aromatic rings. The van der Waals surface area contributed by atoms with Gasteiger partial charge in [0, 0.05) is 27.7 Å². The summed E-state index contributed by atoms with van der Waals surface area (Å²) in [7, 11) is -3.39. The molecule has 2 aliphatic heterocycles. The summed E-state index contributed by atoms with van der Waals surface area (Å²) < 4.78 is 27.1. The van der Waals surface area contributed by atoms with Gasteiger partial charge in [-0.15, -0.1) is 4.40 Å². The summed E-state index contributed by atoms with van der Waals surface area (Å²) in [6, 6.07) is 12.1. The normalized spacial score (nSPS) is 17.5. The molecule has 9 heteroatoms. The van der Waals surface area contributed by atoms with E-state index in [9.17, 15) is 13.2 Å². The monoisotopic (exact) mass is 393 g/mol. The van der Waals surface area contributed by atoms with Crippen LogP contribution in [-0.2, 0) is 10.0 Å². The van der Waals surface area contributed by atoms with Crippen molar-refractivity contribution in [3.63, 3.8) is 0 Å². The highest BCUT2D eigenvalue weighted by Crippen LogP contribution is 2.42. The number of amides is 1. The van der Waals surface area contributed by atoms with Crippen LogP contribution in [0, 0.1) is 0 Å². The van der Waals surface area contributed by atoms with Gasteiger partial charge in [0.05, 0.1) is 11.4 Å². The predicted octanol–water partition coefficient (Wildman–Crippen LogP) is 3.20. The van der Waals surface area contributed by atoms with Crippen LogP contribution in [0.4, 0.5) is 11.4 Å². The predicted molar refractivity (Wildman–Crippen MR) is 100 cm³/mol. The summed E-state index contributed by atoms with van der Waals surface area (Å²) in [6.07, 6.45) is 0. The molecule has 2 heterocycles. The van der Waals surface area contributed by atoms with Gasteiger partial charge in [-0.3, -0.25) is 4.79 Å². The number of amidine groups is 1. The number of nitrogens with zero attached hydrogens (tertiary/aromatic N) is 2. The molecule has 0 aromatic heterocycles. The second-order valence-corrected chi connectivity index (χ2v) is 8.76. The van der Waals surface area contributed by atoms with Gasteiger partial charge in [0.2, 0.25) is 0 Å². The lowest BCUT2D eigenvalue weighted by atomic mass is 10.1. The van der Waals surface area contributed by atoms with Crippen molar-refractivity contribution in [2.75, 3.05) is 22.5 Å². The van der Waals surface area contributed by atoms with Crippen LogP contribution in [0.3, 0.4) is 0 Å². The zero-order chi connectivity index (χ0) is 17.6. The molecule has 0 unspecified atom stereocenters. The van der Waals surface area contributed by atoms with Crippen molar-refractivity contribution < 1.29 is 13.2 Å². The number of sulfonamides is 1. The molecule has 0 atom stereocenters. The summed E-state index contributed by atoms with van der Waals surface area (Å²) in [5, 5.41) is 3.84. The van der Waals surface area contributed by atoms with E-state index in [0.717, 1.165) is 10.6 Å². The Bertz CT molecular complexity index is 1000. The Hall–Kier alpha value is -2.03. The van der Waals surface area contributed by atoms with E-state index in [4.69, 9.17) is 11.6 Å². The fraction of sp³-hybridized carbons (Fsp3) is 0.125. The van der Waals surface area contributed by atoms with Crippen LogP contribution in [-0.4, -0.2) is 31.8 Å². The van der Waals surface area contributed by atoms with Crippen LogP contribution in [0.15, 0.2) is 51.8 Å². The van der Waals surface area contributed by atoms with Crippen LogP contribution in [0.25, 0.3) is 0 Å². The van der Waals surface area contributed by atoms with Gasteiger partial charge in [-0.05, 0) is 54.2 Å². The molecule has 0 bridgehead atoms. The molecule has 2 aliphatic rings. The molecule has 128 valence electrons.